The highest BCUT2D eigenvalue weighted by Crippen LogP contribution is 2.29. The summed E-state index contributed by atoms with van der Waals surface area (Å²) in [4.78, 5) is 32.6. The highest BCUT2D eigenvalue weighted by molar-refractivity contribution is 5.92. The number of amides is 1. The predicted molar refractivity (Wildman–Crippen MR) is 126 cm³/mol. The Balaban J connectivity index is 1.76. The molecular weight excluding hydrogens is 402 g/mol. The Labute approximate surface area is 185 Å². The summed E-state index contributed by atoms with van der Waals surface area (Å²) in [6, 6.07) is 17.5. The third-order valence-corrected chi connectivity index (χ3v) is 5.35. The standard InChI is InChI=1S/C25H25N5O2/c1-15-5-4-6-18(11-15)16(2)27-25-21-12-19(7-9-22(21)28-17(3)29-25)20-8-10-24(32)30(13-20)14-23(26)31/h4-13,16H,14H2,1-3H3,(H2,26,31)(H,27,28,29)/t16-/m1/s1. The largest absolute Gasteiger partial charge is 0.368 e. The van der Waals surface area contributed by atoms with Gasteiger partial charge >= 0.3 is 0 Å². The van der Waals surface area contributed by atoms with E-state index in [0.29, 0.717) is 5.82 Å². The molecule has 162 valence electrons. The number of hydrogen-bond donors (Lipinski definition) is 2. The van der Waals surface area contributed by atoms with Gasteiger partial charge in [0.15, 0.2) is 0 Å². The van der Waals surface area contributed by atoms with Crippen LogP contribution in [0, 0.1) is 13.8 Å². The van der Waals surface area contributed by atoms with E-state index in [1.165, 1.54) is 21.8 Å². The number of carbonyl (C=O) groups is 1. The van der Waals surface area contributed by atoms with Crippen molar-refractivity contribution in [2.45, 2.75) is 33.4 Å². The fourth-order valence-corrected chi connectivity index (χ4v) is 3.76. The van der Waals surface area contributed by atoms with E-state index in [9.17, 15) is 9.59 Å². The number of nitrogens with two attached hydrogens (primary N) is 1. The molecule has 0 aliphatic carbocycles. The fourth-order valence-electron chi connectivity index (χ4n) is 3.76. The molecule has 1 atom stereocenters. The third-order valence-electron chi connectivity index (χ3n) is 5.35. The number of nitrogens with one attached hydrogen (secondary N) is 1. The maximum atomic E-state index is 12.0. The number of primary amides is 1. The van der Waals surface area contributed by atoms with Crippen LogP contribution in [0.25, 0.3) is 22.0 Å². The van der Waals surface area contributed by atoms with Gasteiger partial charge in [0.25, 0.3) is 5.56 Å². The minimum Gasteiger partial charge on any atom is -0.368 e. The first kappa shape index (κ1) is 21.2. The first-order valence-electron chi connectivity index (χ1n) is 10.4. The minimum absolute atomic E-state index is 0.0496. The Kier molecular flexibility index (Phi) is 5.73. The van der Waals surface area contributed by atoms with Crippen LogP contribution in [-0.4, -0.2) is 20.4 Å². The molecule has 7 nitrogen and oxygen atoms in total. The number of pyridine rings is 1. The summed E-state index contributed by atoms with van der Waals surface area (Å²) < 4.78 is 1.31. The average Bonchev–Trinajstić information content (AvgIpc) is 2.74. The molecule has 2 aromatic heterocycles. The second-order valence-corrected chi connectivity index (χ2v) is 7.98. The molecular formula is C25H25N5O2. The van der Waals surface area contributed by atoms with Gasteiger partial charge in [0.2, 0.25) is 5.91 Å². The molecule has 2 heterocycles. The van der Waals surface area contributed by atoms with Crippen molar-refractivity contribution in [2.24, 2.45) is 5.73 Å². The first-order chi connectivity index (χ1) is 15.3. The van der Waals surface area contributed by atoms with Gasteiger partial charge < -0.3 is 15.6 Å². The summed E-state index contributed by atoms with van der Waals surface area (Å²) in [6.07, 6.45) is 1.64. The molecule has 0 aliphatic rings. The van der Waals surface area contributed by atoms with Crippen LogP contribution < -0.4 is 16.6 Å². The van der Waals surface area contributed by atoms with E-state index in [-0.39, 0.29) is 18.1 Å². The van der Waals surface area contributed by atoms with Gasteiger partial charge in [-0.15, -0.1) is 0 Å². The van der Waals surface area contributed by atoms with Crippen LogP contribution >= 0.6 is 0 Å². The Bertz CT molecular complexity index is 1380. The summed E-state index contributed by atoms with van der Waals surface area (Å²) in [5.41, 5.74) is 9.87. The van der Waals surface area contributed by atoms with Crippen molar-refractivity contribution >= 4 is 22.6 Å². The number of aryl methyl sites for hydroxylation is 2. The zero-order valence-electron chi connectivity index (χ0n) is 18.3. The maximum Gasteiger partial charge on any atom is 0.251 e. The van der Waals surface area contributed by atoms with E-state index in [1.54, 1.807) is 12.3 Å². The zero-order chi connectivity index (χ0) is 22.8. The van der Waals surface area contributed by atoms with Crippen molar-refractivity contribution < 1.29 is 4.79 Å². The van der Waals surface area contributed by atoms with Crippen LogP contribution in [0.3, 0.4) is 0 Å². The molecule has 2 aromatic carbocycles. The van der Waals surface area contributed by atoms with Crippen molar-refractivity contribution in [1.29, 1.82) is 0 Å². The Morgan fingerprint density at radius 1 is 1.06 bits per heavy atom. The summed E-state index contributed by atoms with van der Waals surface area (Å²) in [7, 11) is 0. The molecule has 7 heteroatoms. The number of hydrogen-bond acceptors (Lipinski definition) is 5. The van der Waals surface area contributed by atoms with Crippen molar-refractivity contribution in [3.8, 4) is 11.1 Å². The Morgan fingerprint density at radius 3 is 2.59 bits per heavy atom. The van der Waals surface area contributed by atoms with Crippen molar-refractivity contribution in [1.82, 2.24) is 14.5 Å². The summed E-state index contributed by atoms with van der Waals surface area (Å²) >= 11 is 0. The number of aromatic nitrogens is 3. The molecule has 0 aliphatic heterocycles. The molecule has 4 aromatic rings. The molecule has 0 radical (unpaired) electrons. The van der Waals surface area contributed by atoms with Gasteiger partial charge in [-0.05, 0) is 55.7 Å². The van der Waals surface area contributed by atoms with E-state index in [2.05, 4.69) is 47.3 Å². The smallest absolute Gasteiger partial charge is 0.251 e. The molecule has 4 rings (SSSR count). The van der Waals surface area contributed by atoms with E-state index in [4.69, 9.17) is 5.73 Å². The second-order valence-electron chi connectivity index (χ2n) is 7.98. The Morgan fingerprint density at radius 2 is 1.84 bits per heavy atom. The lowest BCUT2D eigenvalue weighted by Crippen LogP contribution is -2.27. The van der Waals surface area contributed by atoms with Gasteiger partial charge in [-0.2, -0.15) is 0 Å². The normalized spacial score (nSPS) is 12.0. The van der Waals surface area contributed by atoms with Crippen LogP contribution in [0.1, 0.15) is 29.9 Å². The molecule has 0 bridgehead atoms. The fraction of sp³-hybridized carbons (Fsp3) is 0.200. The number of fused-ring (bicyclic) bond motifs is 1. The van der Waals surface area contributed by atoms with Crippen molar-refractivity contribution in [3.63, 3.8) is 0 Å². The predicted octanol–water partition coefficient (Wildman–Crippen LogP) is 3.73. The van der Waals surface area contributed by atoms with E-state index < -0.39 is 5.91 Å². The van der Waals surface area contributed by atoms with Gasteiger partial charge in [-0.1, -0.05) is 35.9 Å². The molecule has 32 heavy (non-hydrogen) atoms. The van der Waals surface area contributed by atoms with Crippen LogP contribution in [0.5, 0.6) is 0 Å². The highest BCUT2D eigenvalue weighted by atomic mass is 16.2. The topological polar surface area (TPSA) is 103 Å². The monoisotopic (exact) mass is 427 g/mol. The molecule has 0 fully saturated rings. The van der Waals surface area contributed by atoms with E-state index in [1.807, 2.05) is 31.2 Å². The van der Waals surface area contributed by atoms with Gasteiger partial charge in [0.1, 0.15) is 18.2 Å². The van der Waals surface area contributed by atoms with Crippen molar-refractivity contribution in [2.75, 3.05) is 5.32 Å². The lowest BCUT2D eigenvalue weighted by atomic mass is 10.0. The lowest BCUT2D eigenvalue weighted by Gasteiger charge is -2.18. The van der Waals surface area contributed by atoms with Crippen molar-refractivity contribution in [3.05, 3.63) is 88.1 Å². The maximum absolute atomic E-state index is 12.0. The van der Waals surface area contributed by atoms with Crippen LogP contribution in [0.15, 0.2) is 65.6 Å². The molecule has 1 amide bonds. The van der Waals surface area contributed by atoms with E-state index >= 15 is 0 Å². The molecule has 0 saturated heterocycles. The average molecular weight is 428 g/mol. The molecule has 0 unspecified atom stereocenters. The Hall–Kier alpha value is -4.00. The minimum atomic E-state index is -0.566. The quantitative estimate of drug-likeness (QED) is 0.488. The number of carbonyl (C=O) groups excluding carboxylic acids is 1. The molecule has 0 spiro atoms. The number of rotatable bonds is 6. The van der Waals surface area contributed by atoms with Crippen LogP contribution in [0.2, 0.25) is 0 Å². The summed E-state index contributed by atoms with van der Waals surface area (Å²) in [6.45, 7) is 5.88. The van der Waals surface area contributed by atoms with Crippen LogP contribution in [0.4, 0.5) is 5.82 Å². The number of anilines is 1. The van der Waals surface area contributed by atoms with Gasteiger partial charge in [-0.3, -0.25) is 9.59 Å². The van der Waals surface area contributed by atoms with E-state index in [0.717, 1.165) is 27.8 Å². The van der Waals surface area contributed by atoms with Gasteiger partial charge in [-0.25, -0.2) is 9.97 Å². The van der Waals surface area contributed by atoms with Gasteiger partial charge in [0, 0.05) is 23.7 Å². The molecule has 3 N–H and O–H groups in total. The first-order valence-corrected chi connectivity index (χ1v) is 10.4. The number of nitrogens with zero attached hydrogens (tertiary/aromatic N) is 3. The SMILES string of the molecule is Cc1cccc([C@@H](C)Nc2nc(C)nc3ccc(-c4ccc(=O)n(CC(N)=O)c4)cc23)c1. The third kappa shape index (κ3) is 4.51. The van der Waals surface area contributed by atoms with Crippen LogP contribution in [-0.2, 0) is 11.3 Å². The summed E-state index contributed by atoms with van der Waals surface area (Å²) in [5.74, 6) is 0.858. The number of benzene rings is 2. The lowest BCUT2D eigenvalue weighted by molar-refractivity contribution is -0.118. The van der Waals surface area contributed by atoms with Gasteiger partial charge in [0.05, 0.1) is 5.52 Å². The highest BCUT2D eigenvalue weighted by Gasteiger charge is 2.13. The zero-order valence-corrected chi connectivity index (χ0v) is 18.3. The second kappa shape index (κ2) is 8.63. The molecule has 0 saturated carbocycles. The summed E-state index contributed by atoms with van der Waals surface area (Å²) in [5, 5.41) is 4.40.